The molecule has 1 saturated carbocycles. The van der Waals surface area contributed by atoms with E-state index in [9.17, 15) is 19.6 Å². The standard InChI is InChI=1S/C47H57ClN8O3/c1-34-31-47(33-56(34)41-7-4-36(32-49)42(48)30-41)19-22-51(23-20-47)37-5-2-35(3-6-37)44(58)54-24-17-46(18-25-54)15-12-39(13-16-46)53-28-26-52(27-29-53)38-8-10-40(11-9-38)55-21-14-43(57)50-45(55)59/h2-11,30,34,39H,12-29,31,33H2,1H3,(H,50,57,59)/t34-/m1/s1. The number of nitriles is 1. The third kappa shape index (κ3) is 8.11. The molecule has 5 aliphatic heterocycles. The van der Waals surface area contributed by atoms with Crippen molar-refractivity contribution >= 4 is 52.2 Å². The van der Waals surface area contributed by atoms with Crippen LogP contribution in [0.1, 0.15) is 87.1 Å². The predicted molar refractivity (Wildman–Crippen MR) is 233 cm³/mol. The number of carbonyl (C=O) groups is 3. The number of anilines is 4. The zero-order chi connectivity index (χ0) is 40.7. The van der Waals surface area contributed by atoms with Crippen molar-refractivity contribution in [2.24, 2.45) is 10.8 Å². The molecule has 2 spiro atoms. The van der Waals surface area contributed by atoms with Gasteiger partial charge in [0.2, 0.25) is 5.91 Å². The molecular formula is C47H57ClN8O3. The molecule has 0 radical (unpaired) electrons. The summed E-state index contributed by atoms with van der Waals surface area (Å²) in [7, 11) is 0. The summed E-state index contributed by atoms with van der Waals surface area (Å²) in [5.74, 6) is -0.0461. The largest absolute Gasteiger partial charge is 0.371 e. The number of nitrogens with zero attached hydrogens (tertiary/aromatic N) is 7. The Balaban J connectivity index is 0.706. The lowest BCUT2D eigenvalue weighted by Crippen LogP contribution is -2.53. The van der Waals surface area contributed by atoms with Gasteiger partial charge in [0.05, 0.1) is 10.6 Å². The molecule has 1 N–H and O–H groups in total. The van der Waals surface area contributed by atoms with E-state index in [4.69, 9.17) is 11.6 Å². The fraction of sp³-hybridized carbons (Fsp3) is 0.532. The van der Waals surface area contributed by atoms with Crippen molar-refractivity contribution in [1.29, 1.82) is 5.26 Å². The van der Waals surface area contributed by atoms with E-state index in [1.54, 1.807) is 4.90 Å². The van der Waals surface area contributed by atoms with Crippen molar-refractivity contribution in [2.45, 2.75) is 83.2 Å². The molecule has 59 heavy (non-hydrogen) atoms. The minimum Gasteiger partial charge on any atom is -0.371 e. The number of hydrogen-bond donors (Lipinski definition) is 1. The molecule has 310 valence electrons. The van der Waals surface area contributed by atoms with Gasteiger partial charge in [0.25, 0.3) is 5.91 Å². The number of rotatable bonds is 6. The number of benzene rings is 3. The van der Waals surface area contributed by atoms with Crippen molar-refractivity contribution in [3.8, 4) is 6.07 Å². The van der Waals surface area contributed by atoms with Gasteiger partial charge in [-0.1, -0.05) is 11.6 Å². The van der Waals surface area contributed by atoms with Crippen molar-refractivity contribution in [1.82, 2.24) is 15.1 Å². The molecule has 0 bridgehead atoms. The van der Waals surface area contributed by atoms with Gasteiger partial charge in [-0.05, 0) is 142 Å². The van der Waals surface area contributed by atoms with Crippen LogP contribution in [0.4, 0.5) is 27.5 Å². The van der Waals surface area contributed by atoms with Crippen LogP contribution in [0.15, 0.2) is 66.7 Å². The van der Waals surface area contributed by atoms with Crippen molar-refractivity contribution in [3.63, 3.8) is 0 Å². The molecule has 1 atom stereocenters. The summed E-state index contributed by atoms with van der Waals surface area (Å²) in [6, 6.07) is 25.3. The van der Waals surface area contributed by atoms with E-state index in [0.717, 1.165) is 108 Å². The van der Waals surface area contributed by atoms with Gasteiger partial charge in [0, 0.05) is 112 Å². The molecular weight excluding hydrogens is 760 g/mol. The highest BCUT2D eigenvalue weighted by Gasteiger charge is 2.45. The number of urea groups is 1. The number of piperidine rings is 2. The second kappa shape index (κ2) is 16.3. The molecule has 6 fully saturated rings. The molecule has 3 aromatic carbocycles. The van der Waals surface area contributed by atoms with Crippen LogP contribution in [-0.4, -0.2) is 105 Å². The normalized spacial score (nSPS) is 23.8. The number of halogens is 1. The van der Waals surface area contributed by atoms with Gasteiger partial charge in [-0.2, -0.15) is 5.26 Å². The van der Waals surface area contributed by atoms with Crippen LogP contribution in [0.5, 0.6) is 0 Å². The molecule has 11 nitrogen and oxygen atoms in total. The Morgan fingerprint density at radius 1 is 0.729 bits per heavy atom. The van der Waals surface area contributed by atoms with E-state index in [0.29, 0.717) is 41.1 Å². The Labute approximate surface area is 353 Å². The van der Waals surface area contributed by atoms with Gasteiger partial charge in [-0.3, -0.25) is 24.7 Å². The van der Waals surface area contributed by atoms with Crippen LogP contribution >= 0.6 is 11.6 Å². The summed E-state index contributed by atoms with van der Waals surface area (Å²) < 4.78 is 0. The van der Waals surface area contributed by atoms with Crippen LogP contribution in [0, 0.1) is 22.2 Å². The Morgan fingerprint density at radius 2 is 1.32 bits per heavy atom. The second-order valence-corrected chi connectivity index (χ2v) is 18.7. The highest BCUT2D eigenvalue weighted by Crippen LogP contribution is 2.47. The van der Waals surface area contributed by atoms with E-state index in [1.165, 1.54) is 37.1 Å². The average molecular weight is 817 g/mol. The molecule has 5 saturated heterocycles. The molecule has 6 aliphatic rings. The van der Waals surface area contributed by atoms with Crippen molar-refractivity contribution in [3.05, 3.63) is 82.9 Å². The lowest BCUT2D eigenvalue weighted by Gasteiger charge is -2.49. The first-order valence-electron chi connectivity index (χ1n) is 21.9. The van der Waals surface area contributed by atoms with Crippen molar-refractivity contribution < 1.29 is 14.4 Å². The summed E-state index contributed by atoms with van der Waals surface area (Å²) in [6.07, 6.45) is 11.0. The fourth-order valence-corrected chi connectivity index (χ4v) is 11.5. The maximum atomic E-state index is 13.7. The number of amides is 4. The van der Waals surface area contributed by atoms with Crippen LogP contribution in [0.2, 0.25) is 5.02 Å². The summed E-state index contributed by atoms with van der Waals surface area (Å²) in [4.78, 5) is 51.3. The fourth-order valence-electron chi connectivity index (χ4n) is 11.3. The van der Waals surface area contributed by atoms with Gasteiger partial charge < -0.3 is 19.6 Å². The lowest BCUT2D eigenvalue weighted by molar-refractivity contribution is -0.120. The summed E-state index contributed by atoms with van der Waals surface area (Å²) in [5, 5.41) is 12.2. The lowest BCUT2D eigenvalue weighted by atomic mass is 9.66. The van der Waals surface area contributed by atoms with Crippen LogP contribution < -0.4 is 24.9 Å². The Morgan fingerprint density at radius 3 is 1.95 bits per heavy atom. The monoisotopic (exact) mass is 816 g/mol. The predicted octanol–water partition coefficient (Wildman–Crippen LogP) is 7.53. The van der Waals surface area contributed by atoms with Crippen LogP contribution in [-0.2, 0) is 4.79 Å². The zero-order valence-corrected chi connectivity index (χ0v) is 35.1. The van der Waals surface area contributed by atoms with E-state index in [1.807, 2.05) is 42.5 Å². The summed E-state index contributed by atoms with van der Waals surface area (Å²) >= 11 is 6.40. The first kappa shape index (κ1) is 39.7. The molecule has 1 aliphatic carbocycles. The number of imide groups is 1. The Hall–Kier alpha value is -4.79. The van der Waals surface area contributed by atoms with Gasteiger partial charge in [-0.25, -0.2) is 4.79 Å². The molecule has 12 heteroatoms. The number of piperazine rings is 1. The number of hydrogen-bond acceptors (Lipinski definition) is 8. The van der Waals surface area contributed by atoms with E-state index < -0.39 is 0 Å². The quantitative estimate of drug-likeness (QED) is 0.273. The minimum atomic E-state index is -0.346. The molecule has 9 rings (SSSR count). The maximum absolute atomic E-state index is 13.7. The SMILES string of the molecule is C[C@@H]1CC2(CCN(c3ccc(C(=O)N4CCC5(CCC(N6CCN(c7ccc(N8CCC(=O)NC8=O)cc7)CC6)CC5)CC4)cc3)CC2)CN1c1ccc(C#N)c(Cl)c1. The van der Waals surface area contributed by atoms with Gasteiger partial charge in [0.1, 0.15) is 6.07 Å². The van der Waals surface area contributed by atoms with Gasteiger partial charge in [0.15, 0.2) is 0 Å². The minimum absolute atomic E-state index is 0.168. The molecule has 0 unspecified atom stereocenters. The zero-order valence-electron chi connectivity index (χ0n) is 34.4. The van der Waals surface area contributed by atoms with Crippen LogP contribution in [0.25, 0.3) is 0 Å². The summed E-state index contributed by atoms with van der Waals surface area (Å²) in [5.41, 5.74) is 6.28. The molecule has 4 amide bonds. The molecule has 5 heterocycles. The highest BCUT2D eigenvalue weighted by atomic mass is 35.5. The first-order valence-corrected chi connectivity index (χ1v) is 22.3. The highest BCUT2D eigenvalue weighted by molar-refractivity contribution is 6.32. The van der Waals surface area contributed by atoms with E-state index in [-0.39, 0.29) is 23.3 Å². The number of likely N-dealkylation sites (tertiary alicyclic amines) is 1. The third-order valence-corrected chi connectivity index (χ3v) is 15.3. The average Bonchev–Trinajstić information content (AvgIpc) is 3.59. The summed E-state index contributed by atoms with van der Waals surface area (Å²) in [6.45, 7) is 11.6. The van der Waals surface area contributed by atoms with Crippen LogP contribution in [0.3, 0.4) is 0 Å². The molecule has 0 aromatic heterocycles. The first-order chi connectivity index (χ1) is 28.6. The third-order valence-electron chi connectivity index (χ3n) is 15.0. The topological polar surface area (TPSA) is 106 Å². The Bertz CT molecular complexity index is 2070. The Kier molecular flexibility index (Phi) is 11.0. The smallest absolute Gasteiger partial charge is 0.328 e. The number of nitrogens with one attached hydrogen (secondary N) is 1. The number of carbonyl (C=O) groups excluding carboxylic acids is 3. The van der Waals surface area contributed by atoms with E-state index in [2.05, 4.69) is 67.1 Å². The van der Waals surface area contributed by atoms with Crippen molar-refractivity contribution in [2.75, 3.05) is 85.0 Å². The second-order valence-electron chi connectivity index (χ2n) is 18.3. The maximum Gasteiger partial charge on any atom is 0.328 e. The van der Waals surface area contributed by atoms with E-state index >= 15 is 0 Å². The van der Waals surface area contributed by atoms with Gasteiger partial charge >= 0.3 is 6.03 Å². The van der Waals surface area contributed by atoms with Gasteiger partial charge in [-0.15, -0.1) is 0 Å². The molecule has 3 aromatic rings.